The molecule has 1 aromatic carbocycles. The van der Waals surface area contributed by atoms with E-state index in [1.165, 1.54) is 0 Å². The molecule has 2 N–H and O–H groups in total. The highest BCUT2D eigenvalue weighted by molar-refractivity contribution is 6.05. The van der Waals surface area contributed by atoms with Gasteiger partial charge in [0.15, 0.2) is 5.71 Å². The van der Waals surface area contributed by atoms with Gasteiger partial charge in [0.1, 0.15) is 11.4 Å². The van der Waals surface area contributed by atoms with Crippen LogP contribution < -0.4 is 10.1 Å². The van der Waals surface area contributed by atoms with Crippen LogP contribution in [-0.2, 0) is 17.5 Å². The molecule has 15 heteroatoms. The number of carbonyl (C=O) groups excluding carboxylic acids is 1. The summed E-state index contributed by atoms with van der Waals surface area (Å²) in [6.45, 7) is 1.44. The van der Waals surface area contributed by atoms with Crippen molar-refractivity contribution in [2.24, 2.45) is 0 Å². The van der Waals surface area contributed by atoms with E-state index in [1.807, 2.05) is 0 Å². The molecule has 0 unspecified atom stereocenters. The Hall–Kier alpha value is -4.17. The summed E-state index contributed by atoms with van der Waals surface area (Å²) in [5, 5.41) is 14.1. The van der Waals surface area contributed by atoms with Crippen LogP contribution in [0.25, 0.3) is 5.95 Å². The smallest absolute Gasteiger partial charge is 0.434 e. The number of anilines is 1. The predicted molar refractivity (Wildman–Crippen MR) is 113 cm³/mol. The average molecular weight is 516 g/mol. The zero-order valence-corrected chi connectivity index (χ0v) is 18.7. The molecule has 192 valence electrons. The van der Waals surface area contributed by atoms with Crippen LogP contribution in [0.5, 0.6) is 5.88 Å². The van der Waals surface area contributed by atoms with E-state index in [4.69, 9.17) is 14.9 Å². The summed E-state index contributed by atoms with van der Waals surface area (Å²) < 4.78 is 89.5. The summed E-state index contributed by atoms with van der Waals surface area (Å²) in [5.74, 6) is -1.57. The topological polar surface area (TPSA) is 115 Å². The molecule has 9 nitrogen and oxygen atoms in total. The molecule has 0 radical (unpaired) electrons. The van der Waals surface area contributed by atoms with Gasteiger partial charge in [-0.25, -0.2) is 14.5 Å². The van der Waals surface area contributed by atoms with E-state index in [9.17, 15) is 31.1 Å². The molecule has 0 bridgehead atoms. The number of hydrogen-bond donors (Lipinski definition) is 2. The number of nitrogens with zero attached hydrogens (tertiary/aromatic N) is 4. The van der Waals surface area contributed by atoms with Crippen molar-refractivity contribution in [2.45, 2.75) is 25.8 Å². The Labute approximate surface area is 199 Å². The van der Waals surface area contributed by atoms with Crippen molar-refractivity contribution in [1.82, 2.24) is 19.7 Å². The second kappa shape index (κ2) is 10.2. The van der Waals surface area contributed by atoms with E-state index in [0.29, 0.717) is 5.56 Å². The molecule has 0 saturated carbocycles. The number of hydrogen-bond acceptors (Lipinski definition) is 8. The van der Waals surface area contributed by atoms with E-state index < -0.39 is 52.8 Å². The van der Waals surface area contributed by atoms with Gasteiger partial charge in [-0.2, -0.15) is 36.4 Å². The summed E-state index contributed by atoms with van der Waals surface area (Å²) in [5.41, 5.74) is -3.76. The van der Waals surface area contributed by atoms with Gasteiger partial charge in [0.25, 0.3) is 5.95 Å². The van der Waals surface area contributed by atoms with Crippen molar-refractivity contribution in [3.8, 4) is 11.8 Å². The molecule has 0 spiro atoms. The van der Waals surface area contributed by atoms with Gasteiger partial charge in [0, 0.05) is 12.7 Å². The number of aromatic nitrogens is 4. The molecular formula is C21H18F6N6O3. The highest BCUT2D eigenvalue weighted by atomic mass is 19.4. The first kappa shape index (κ1) is 26.4. The monoisotopic (exact) mass is 516 g/mol. The number of alkyl halides is 6. The predicted octanol–water partition coefficient (Wildman–Crippen LogP) is 4.41. The van der Waals surface area contributed by atoms with Gasteiger partial charge in [0.05, 0.1) is 31.0 Å². The Bertz CT molecular complexity index is 1250. The lowest BCUT2D eigenvalue weighted by atomic mass is 10.1. The number of halogens is 6. The van der Waals surface area contributed by atoms with Crippen LogP contribution in [0.15, 0.2) is 36.7 Å². The van der Waals surface area contributed by atoms with Crippen molar-refractivity contribution in [3.63, 3.8) is 0 Å². The number of methoxy groups -OCH3 is 1. The molecule has 0 saturated heterocycles. The number of rotatable bonds is 8. The van der Waals surface area contributed by atoms with Gasteiger partial charge >= 0.3 is 18.3 Å². The number of carbonyl (C=O) groups is 1. The first-order chi connectivity index (χ1) is 16.8. The fraction of sp³-hybridized carbons (Fsp3) is 0.286. The maximum atomic E-state index is 13.5. The Kier molecular flexibility index (Phi) is 7.50. The van der Waals surface area contributed by atoms with Crippen LogP contribution in [0.3, 0.4) is 0 Å². The Balaban J connectivity index is 2.00. The van der Waals surface area contributed by atoms with Crippen LogP contribution in [0.2, 0.25) is 0 Å². The van der Waals surface area contributed by atoms with E-state index in [2.05, 4.69) is 20.4 Å². The van der Waals surface area contributed by atoms with Gasteiger partial charge < -0.3 is 14.8 Å². The van der Waals surface area contributed by atoms with E-state index in [1.54, 1.807) is 6.92 Å². The lowest BCUT2D eigenvalue weighted by Gasteiger charge is -2.17. The second-order valence-corrected chi connectivity index (χ2v) is 7.07. The number of esters is 1. The van der Waals surface area contributed by atoms with Crippen LogP contribution in [0.4, 0.5) is 32.0 Å². The molecule has 2 heterocycles. The van der Waals surface area contributed by atoms with Gasteiger partial charge in [-0.05, 0) is 24.6 Å². The third-order valence-electron chi connectivity index (χ3n) is 4.63. The first-order valence-corrected chi connectivity index (χ1v) is 10.1. The lowest BCUT2D eigenvalue weighted by molar-refractivity contribution is -0.137. The summed E-state index contributed by atoms with van der Waals surface area (Å²) in [6, 6.07) is 3.94. The zero-order chi connectivity index (χ0) is 26.7. The molecule has 0 aliphatic heterocycles. The van der Waals surface area contributed by atoms with Crippen molar-refractivity contribution < 1.29 is 40.6 Å². The fourth-order valence-corrected chi connectivity index (χ4v) is 2.91. The Morgan fingerprint density at radius 2 is 1.78 bits per heavy atom. The molecule has 0 aliphatic rings. The van der Waals surface area contributed by atoms with Gasteiger partial charge in [-0.3, -0.25) is 5.41 Å². The Morgan fingerprint density at radius 3 is 2.33 bits per heavy atom. The summed E-state index contributed by atoms with van der Waals surface area (Å²) >= 11 is 0. The highest BCUT2D eigenvalue weighted by Gasteiger charge is 2.39. The quantitative estimate of drug-likeness (QED) is 0.259. The van der Waals surface area contributed by atoms with Crippen LogP contribution in [0.1, 0.15) is 34.1 Å². The molecular weight excluding hydrogens is 498 g/mol. The van der Waals surface area contributed by atoms with Gasteiger partial charge in [0.2, 0.25) is 5.88 Å². The summed E-state index contributed by atoms with van der Waals surface area (Å²) in [6.07, 6.45) is -7.43. The molecule has 0 aliphatic carbocycles. The highest BCUT2D eigenvalue weighted by Crippen LogP contribution is 2.33. The summed E-state index contributed by atoms with van der Waals surface area (Å²) in [4.78, 5) is 19.7. The molecule has 0 atom stereocenters. The van der Waals surface area contributed by atoms with E-state index in [-0.39, 0.29) is 18.7 Å². The normalized spacial score (nSPS) is 11.8. The minimum absolute atomic E-state index is 0.0173. The largest absolute Gasteiger partial charge is 0.479 e. The van der Waals surface area contributed by atoms with Gasteiger partial charge in [-0.1, -0.05) is 12.1 Å². The van der Waals surface area contributed by atoms with E-state index in [0.717, 1.165) is 48.5 Å². The van der Waals surface area contributed by atoms with Gasteiger partial charge in [-0.15, -0.1) is 0 Å². The van der Waals surface area contributed by atoms with E-state index >= 15 is 0 Å². The standard InChI is InChI=1S/C21H18F6N6O3/c1-3-36-18(34)12-9-30-33(10-12)19-31-14(16(28)21(25,26)27)15(17(32-19)35-2)29-8-11-4-6-13(7-5-11)20(22,23)24/h4-7,9-10,28-29H,3,8H2,1-2H3. The second-order valence-electron chi connectivity index (χ2n) is 7.07. The summed E-state index contributed by atoms with van der Waals surface area (Å²) in [7, 11) is 1.11. The minimum Gasteiger partial charge on any atom is -0.479 e. The Morgan fingerprint density at radius 1 is 1.11 bits per heavy atom. The zero-order valence-electron chi connectivity index (χ0n) is 18.7. The van der Waals surface area contributed by atoms with Crippen LogP contribution in [-0.4, -0.2) is 51.3 Å². The molecule has 36 heavy (non-hydrogen) atoms. The number of nitrogens with one attached hydrogen (secondary N) is 2. The van der Waals surface area contributed by atoms with Crippen LogP contribution >= 0.6 is 0 Å². The van der Waals surface area contributed by atoms with Crippen molar-refractivity contribution >= 4 is 17.4 Å². The maximum absolute atomic E-state index is 13.5. The molecule has 0 fully saturated rings. The average Bonchev–Trinajstić information content (AvgIpc) is 3.31. The third-order valence-corrected chi connectivity index (χ3v) is 4.63. The molecule has 2 aromatic heterocycles. The molecule has 3 aromatic rings. The van der Waals surface area contributed by atoms with Crippen molar-refractivity contribution in [3.05, 3.63) is 59.0 Å². The number of ether oxygens (including phenoxy) is 2. The number of benzene rings is 1. The molecule has 0 amide bonds. The fourth-order valence-electron chi connectivity index (χ4n) is 2.91. The van der Waals surface area contributed by atoms with Crippen molar-refractivity contribution in [2.75, 3.05) is 19.0 Å². The first-order valence-electron chi connectivity index (χ1n) is 10.1. The lowest BCUT2D eigenvalue weighted by Crippen LogP contribution is -2.26. The van der Waals surface area contributed by atoms with Crippen molar-refractivity contribution in [1.29, 1.82) is 5.41 Å². The third kappa shape index (κ3) is 5.90. The SMILES string of the molecule is CCOC(=O)c1cnn(-c2nc(OC)c(NCc3ccc(C(F)(F)F)cc3)c(C(=N)C(F)(F)F)n2)c1. The maximum Gasteiger partial charge on any atom is 0.434 e. The minimum atomic E-state index is -5.11. The molecule has 3 rings (SSSR count). The van der Waals surface area contributed by atoms with Crippen LogP contribution in [0, 0.1) is 5.41 Å².